The van der Waals surface area contributed by atoms with Crippen molar-refractivity contribution in [2.45, 2.75) is 24.5 Å². The normalized spacial score (nSPS) is 19.3. The molecule has 0 saturated carbocycles. The number of aliphatic hydroxyl groups is 3. The van der Waals surface area contributed by atoms with Gasteiger partial charge in [0, 0.05) is 0 Å². The second-order valence-electron chi connectivity index (χ2n) is 7.24. The molecule has 1 aliphatic rings. The smallest absolute Gasteiger partial charge is 0.790 e. The quantitative estimate of drug-likeness (QED) is 0.178. The van der Waals surface area contributed by atoms with Crippen LogP contribution in [-0.4, -0.2) is 59.8 Å². The van der Waals surface area contributed by atoms with Gasteiger partial charge in [-0.1, -0.05) is 0 Å². The van der Waals surface area contributed by atoms with Crippen LogP contribution in [0.1, 0.15) is 6.23 Å². The first-order valence-corrected chi connectivity index (χ1v) is 18.8. The molecule has 0 aromatic carbocycles. The Hall–Kier alpha value is 1.10. The Kier molecular flexibility index (Phi) is 28.8. The number of aromatic nitrogens is 4. The van der Waals surface area contributed by atoms with Gasteiger partial charge in [0.05, 0.1) is 59.9 Å². The number of ether oxygens (including phenoxy) is 1. The molecule has 2 aromatic heterocycles. The van der Waals surface area contributed by atoms with Crippen LogP contribution in [-0.2, 0) is 115 Å². The van der Waals surface area contributed by atoms with Crippen LogP contribution >= 0.6 is 46.9 Å². The van der Waals surface area contributed by atoms with Crippen molar-refractivity contribution in [1.82, 2.24) is 19.5 Å². The molecular formula is C10H13Cr4N5O25P6. The first-order chi connectivity index (χ1) is 20.3. The second-order valence-corrected chi connectivity index (χ2v) is 14.6. The van der Waals surface area contributed by atoms with E-state index < -0.39 is 78.1 Å². The number of nitrogen functional groups attached to an aromatic ring is 1. The summed E-state index contributed by atoms with van der Waals surface area (Å²) in [5, 5.41) is 28.7. The van der Waals surface area contributed by atoms with Crippen molar-refractivity contribution < 1.29 is 189 Å². The minimum atomic E-state index is -5.68. The molecule has 30 nitrogen and oxygen atoms in total. The predicted molar refractivity (Wildman–Crippen MR) is 112 cm³/mol. The second kappa shape index (κ2) is 23.9. The summed E-state index contributed by atoms with van der Waals surface area (Å²) in [4.78, 5) is 124. The van der Waals surface area contributed by atoms with Gasteiger partial charge in [-0.25, -0.2) is 15.0 Å². The molecule has 5 N–H and O–H groups in total. The molecule has 4 atom stereocenters. The standard InChI is InChI=1S/C10H13N5O4.4Cr.3H4O7P2/c11-8-5-9(13-2-12-8)15(3-14-5)10-7(18)6(17)4(1-16)19-10;;;;;3*1-8(2,3)7-9(4,5)6/h2-4,6-7,10,16-18H,1H2,(H2,11,12,13);;;;;3*(H2,1,2,3)(H2,4,5,6)/q;4*+3;;;/p-12/t4-,6-,7-,10-;;;;;;;/m1......./s1. The third-order valence-corrected chi connectivity index (χ3v) is 8.58. The van der Waals surface area contributed by atoms with Gasteiger partial charge in [-0.3, -0.25) is 4.57 Å². The number of hydrogen-bond acceptors (Lipinski definition) is 29. The van der Waals surface area contributed by atoms with Crippen molar-refractivity contribution in [2.24, 2.45) is 0 Å². The van der Waals surface area contributed by atoms with Gasteiger partial charge < -0.3 is 125 Å². The Morgan fingerprint density at radius 2 is 1.00 bits per heavy atom. The van der Waals surface area contributed by atoms with Gasteiger partial charge in [0.1, 0.15) is 30.2 Å². The van der Waals surface area contributed by atoms with E-state index >= 15 is 0 Å². The predicted octanol–water partition coefficient (Wildman–Crippen LogP) is -12.0. The average Bonchev–Trinajstić information content (AvgIpc) is 3.29. The van der Waals surface area contributed by atoms with Gasteiger partial charge in [-0.15, -0.1) is 0 Å². The topological polar surface area (TPSA) is 546 Å². The Morgan fingerprint density at radius 3 is 1.26 bits per heavy atom. The van der Waals surface area contributed by atoms with E-state index in [2.05, 4.69) is 27.9 Å². The molecule has 0 bridgehead atoms. The molecule has 2 aromatic rings. The number of fused-ring (bicyclic) bond motifs is 1. The van der Waals surface area contributed by atoms with Crippen molar-refractivity contribution in [2.75, 3.05) is 12.3 Å². The molecule has 1 saturated heterocycles. The number of anilines is 1. The Bertz CT molecular complexity index is 1420. The number of aliphatic hydroxyl groups excluding tert-OH is 3. The van der Waals surface area contributed by atoms with Crippen molar-refractivity contribution in [3.05, 3.63) is 12.7 Å². The Labute approximate surface area is 320 Å². The summed E-state index contributed by atoms with van der Waals surface area (Å²) in [6, 6.07) is 0. The molecule has 3 rings (SSSR count). The fourth-order valence-corrected chi connectivity index (χ4v) is 5.47. The van der Waals surface area contributed by atoms with Gasteiger partial charge in [0.15, 0.2) is 17.7 Å². The van der Waals surface area contributed by atoms with E-state index in [0.29, 0.717) is 11.2 Å². The third kappa shape index (κ3) is 27.6. The van der Waals surface area contributed by atoms with Crippen LogP contribution in [0.15, 0.2) is 12.7 Å². The molecule has 50 heavy (non-hydrogen) atoms. The van der Waals surface area contributed by atoms with Gasteiger partial charge in [-0.2, -0.15) is 0 Å². The van der Waals surface area contributed by atoms with E-state index in [9.17, 15) is 96.3 Å². The van der Waals surface area contributed by atoms with Crippen LogP contribution in [0.3, 0.4) is 0 Å². The van der Waals surface area contributed by atoms with Crippen LogP contribution < -0.4 is 64.5 Å². The third-order valence-electron chi connectivity index (χ3n) is 3.78. The van der Waals surface area contributed by atoms with E-state index in [1.54, 1.807) is 0 Å². The number of nitrogens with two attached hydrogens (primary N) is 1. The van der Waals surface area contributed by atoms with Crippen molar-refractivity contribution in [3.8, 4) is 0 Å². The van der Waals surface area contributed by atoms with E-state index in [0.717, 1.165) is 0 Å². The number of imidazole rings is 1. The minimum absolute atomic E-state index is 0. The van der Waals surface area contributed by atoms with Crippen molar-refractivity contribution >= 4 is 63.9 Å². The van der Waals surface area contributed by atoms with Crippen LogP contribution in [0, 0.1) is 0 Å². The zero-order valence-electron chi connectivity index (χ0n) is 22.7. The van der Waals surface area contributed by atoms with Crippen LogP contribution in [0.4, 0.5) is 5.82 Å². The average molecular weight is 997 g/mol. The number of nitrogens with zero attached hydrogens (tertiary/aromatic N) is 4. The summed E-state index contributed by atoms with van der Waals surface area (Å²) in [5.41, 5.74) is 6.44. The number of rotatable bonds is 8. The molecule has 0 spiro atoms. The molecule has 1 aliphatic heterocycles. The summed E-state index contributed by atoms with van der Waals surface area (Å²) in [6.45, 7) is -0.390. The largest absolute Gasteiger partial charge is 3.00 e. The number of phosphoric acid groups is 6. The van der Waals surface area contributed by atoms with E-state index in [-0.39, 0.29) is 75.3 Å². The minimum Gasteiger partial charge on any atom is -0.790 e. The van der Waals surface area contributed by atoms with E-state index in [4.69, 9.17) is 15.6 Å². The monoisotopic (exact) mass is 997 g/mol. The molecule has 0 aliphatic carbocycles. The van der Waals surface area contributed by atoms with Crippen LogP contribution in [0.5, 0.6) is 0 Å². The molecule has 1 fully saturated rings. The Morgan fingerprint density at radius 1 is 0.660 bits per heavy atom. The molecule has 0 unspecified atom stereocenters. The maximum absolute atomic E-state index is 9.95. The molecular weight excluding hydrogens is 984 g/mol. The first kappa shape index (κ1) is 60.4. The molecule has 4 radical (unpaired) electrons. The fraction of sp³-hybridized carbons (Fsp3) is 0.500. The molecule has 3 heterocycles. The van der Waals surface area contributed by atoms with E-state index in [1.165, 1.54) is 17.2 Å². The first-order valence-electron chi connectivity index (χ1n) is 10.1. The molecule has 40 heteroatoms. The summed E-state index contributed by atoms with van der Waals surface area (Å²) in [6.07, 6.45) is -1.42. The van der Waals surface area contributed by atoms with Gasteiger partial charge in [-0.05, 0) is 0 Å². The SMILES string of the molecule is Nc1ncnc2c1ncn2[C@@H]1O[C@H](CO)[C@@H](O)[C@H]1O.O=P([O-])([O-])OP(=O)([O-])[O-].O=P([O-])([O-])OP(=O)([O-])[O-].O=P([O-])([O-])OP(=O)([O-])[O-].[Cr+3].[Cr+3].[Cr+3].[Cr+3]. The van der Waals surface area contributed by atoms with E-state index in [1.807, 2.05) is 0 Å². The number of hydrogen-bond donors (Lipinski definition) is 4. The van der Waals surface area contributed by atoms with Gasteiger partial charge in [0.25, 0.3) is 0 Å². The van der Waals surface area contributed by atoms with Gasteiger partial charge >= 0.3 is 69.4 Å². The summed E-state index contributed by atoms with van der Waals surface area (Å²) in [5.74, 6) is 0.218. The van der Waals surface area contributed by atoms with Crippen LogP contribution in [0.25, 0.3) is 11.2 Å². The van der Waals surface area contributed by atoms with Crippen LogP contribution in [0.2, 0.25) is 0 Å². The van der Waals surface area contributed by atoms with Gasteiger partial charge in [0.2, 0.25) is 0 Å². The zero-order chi connectivity index (χ0) is 36.7. The maximum atomic E-state index is 9.95. The molecule has 0 amide bonds. The zero-order valence-corrected chi connectivity index (χ0v) is 33.1. The summed E-state index contributed by atoms with van der Waals surface area (Å²) >= 11 is 0. The summed E-state index contributed by atoms with van der Waals surface area (Å²) in [7, 11) is -34.1. The van der Waals surface area contributed by atoms with Crippen molar-refractivity contribution in [3.63, 3.8) is 0 Å². The Balaban J connectivity index is -0.000000189. The molecule has 282 valence electrons. The maximum Gasteiger partial charge on any atom is 3.00 e. The van der Waals surface area contributed by atoms with Crippen molar-refractivity contribution in [1.29, 1.82) is 0 Å². The fourth-order valence-electron chi connectivity index (χ4n) is 2.53. The summed E-state index contributed by atoms with van der Waals surface area (Å²) < 4.78 is 70.3.